The first kappa shape index (κ1) is 11.7. The van der Waals surface area contributed by atoms with Crippen molar-refractivity contribution < 1.29 is 9.18 Å². The Kier molecular flexibility index (Phi) is 4.28. The van der Waals surface area contributed by atoms with Gasteiger partial charge < -0.3 is 4.90 Å². The summed E-state index contributed by atoms with van der Waals surface area (Å²) in [5.41, 5.74) is 0.855. The van der Waals surface area contributed by atoms with Crippen molar-refractivity contribution in [2.75, 3.05) is 13.1 Å². The number of likely N-dealkylation sites (N-methyl/N-ethyl adjacent to an activating group) is 1. The highest BCUT2D eigenvalue weighted by Gasteiger charge is 2.09. The predicted molar refractivity (Wildman–Crippen MR) is 58.0 cm³/mol. The molecular formula is C12H16FNO. The third-order valence-corrected chi connectivity index (χ3v) is 2.38. The van der Waals surface area contributed by atoms with Crippen LogP contribution in [-0.4, -0.2) is 23.9 Å². The fraction of sp³-hybridized carbons (Fsp3) is 0.417. The van der Waals surface area contributed by atoms with Crippen molar-refractivity contribution in [3.63, 3.8) is 0 Å². The van der Waals surface area contributed by atoms with Crippen LogP contribution in [0.25, 0.3) is 0 Å². The molecule has 0 atom stereocenters. The normalized spacial score (nSPS) is 10.1. The predicted octanol–water partition coefficient (Wildman–Crippen LogP) is 2.24. The van der Waals surface area contributed by atoms with Crippen LogP contribution in [-0.2, 0) is 11.2 Å². The van der Waals surface area contributed by atoms with Gasteiger partial charge in [0.2, 0.25) is 5.91 Å². The highest BCUT2D eigenvalue weighted by Crippen LogP contribution is 2.05. The minimum atomic E-state index is -0.269. The molecule has 1 rings (SSSR count). The summed E-state index contributed by atoms with van der Waals surface area (Å²) in [6, 6.07) is 6.06. The van der Waals surface area contributed by atoms with Gasteiger partial charge in [-0.05, 0) is 31.5 Å². The van der Waals surface area contributed by atoms with Gasteiger partial charge in [-0.3, -0.25) is 4.79 Å². The molecule has 3 heteroatoms. The van der Waals surface area contributed by atoms with Crippen LogP contribution < -0.4 is 0 Å². The van der Waals surface area contributed by atoms with Gasteiger partial charge in [-0.15, -0.1) is 0 Å². The Hall–Kier alpha value is -1.38. The Bertz CT molecular complexity index is 317. The molecule has 1 aromatic carbocycles. The number of nitrogens with zero attached hydrogens (tertiary/aromatic N) is 1. The molecule has 0 saturated carbocycles. The first-order valence-electron chi connectivity index (χ1n) is 5.19. The van der Waals surface area contributed by atoms with Crippen molar-refractivity contribution in [3.05, 3.63) is 35.6 Å². The minimum absolute atomic E-state index is 0.0895. The van der Waals surface area contributed by atoms with Crippen LogP contribution in [0.15, 0.2) is 24.3 Å². The quantitative estimate of drug-likeness (QED) is 0.744. The van der Waals surface area contributed by atoms with E-state index in [1.165, 1.54) is 12.1 Å². The van der Waals surface area contributed by atoms with Crippen LogP contribution in [0.3, 0.4) is 0 Å². The lowest BCUT2D eigenvalue weighted by atomic mass is 10.1. The highest BCUT2D eigenvalue weighted by atomic mass is 19.1. The average Bonchev–Trinajstić information content (AvgIpc) is 2.23. The molecule has 0 aliphatic rings. The van der Waals surface area contributed by atoms with Crippen molar-refractivity contribution in [3.8, 4) is 0 Å². The van der Waals surface area contributed by atoms with Gasteiger partial charge in [0.05, 0.1) is 6.42 Å². The van der Waals surface area contributed by atoms with E-state index in [-0.39, 0.29) is 11.7 Å². The summed E-state index contributed by atoms with van der Waals surface area (Å²) in [5, 5.41) is 0. The van der Waals surface area contributed by atoms with Gasteiger partial charge in [0.15, 0.2) is 0 Å². The zero-order chi connectivity index (χ0) is 11.3. The second-order valence-corrected chi connectivity index (χ2v) is 3.37. The van der Waals surface area contributed by atoms with Crippen molar-refractivity contribution in [2.24, 2.45) is 0 Å². The molecular weight excluding hydrogens is 193 g/mol. The molecule has 2 nitrogen and oxygen atoms in total. The molecule has 0 saturated heterocycles. The maximum Gasteiger partial charge on any atom is 0.226 e. The second-order valence-electron chi connectivity index (χ2n) is 3.37. The first-order valence-corrected chi connectivity index (χ1v) is 5.19. The van der Waals surface area contributed by atoms with Gasteiger partial charge >= 0.3 is 0 Å². The smallest absolute Gasteiger partial charge is 0.226 e. The SMILES string of the molecule is CCN(CC)C(=O)Cc1ccc(F)cc1. The van der Waals surface area contributed by atoms with E-state index in [2.05, 4.69) is 0 Å². The summed E-state index contributed by atoms with van der Waals surface area (Å²) in [6.07, 6.45) is 0.349. The zero-order valence-electron chi connectivity index (χ0n) is 9.16. The zero-order valence-corrected chi connectivity index (χ0v) is 9.16. The summed E-state index contributed by atoms with van der Waals surface area (Å²) < 4.78 is 12.6. The topological polar surface area (TPSA) is 20.3 Å². The molecule has 82 valence electrons. The second kappa shape index (κ2) is 5.49. The number of amides is 1. The van der Waals surface area contributed by atoms with Crippen molar-refractivity contribution in [1.29, 1.82) is 0 Å². The molecule has 0 radical (unpaired) electrons. The Labute approximate surface area is 89.7 Å². The molecule has 0 aromatic heterocycles. The van der Waals surface area contributed by atoms with Crippen LogP contribution >= 0.6 is 0 Å². The van der Waals surface area contributed by atoms with Gasteiger partial charge in [-0.2, -0.15) is 0 Å². The van der Waals surface area contributed by atoms with Crippen molar-refractivity contribution in [1.82, 2.24) is 4.90 Å². The van der Waals surface area contributed by atoms with E-state index in [4.69, 9.17) is 0 Å². The molecule has 0 fully saturated rings. The van der Waals surface area contributed by atoms with Crippen LogP contribution in [0, 0.1) is 5.82 Å². The van der Waals surface area contributed by atoms with Crippen LogP contribution in [0.2, 0.25) is 0 Å². The average molecular weight is 209 g/mol. The Morgan fingerprint density at radius 2 is 1.73 bits per heavy atom. The number of halogens is 1. The van der Waals surface area contributed by atoms with Crippen LogP contribution in [0.4, 0.5) is 4.39 Å². The number of carbonyl (C=O) groups is 1. The van der Waals surface area contributed by atoms with E-state index in [1.807, 2.05) is 13.8 Å². The monoisotopic (exact) mass is 209 g/mol. The third kappa shape index (κ3) is 3.35. The lowest BCUT2D eigenvalue weighted by molar-refractivity contribution is -0.130. The van der Waals surface area contributed by atoms with Gasteiger partial charge in [0.25, 0.3) is 0 Å². The maximum absolute atomic E-state index is 12.6. The minimum Gasteiger partial charge on any atom is -0.343 e. The maximum atomic E-state index is 12.6. The van der Waals surface area contributed by atoms with E-state index in [0.29, 0.717) is 6.42 Å². The molecule has 1 aromatic rings. The van der Waals surface area contributed by atoms with Gasteiger partial charge in [0.1, 0.15) is 5.82 Å². The summed E-state index contributed by atoms with van der Waals surface area (Å²) in [5.74, 6) is -0.180. The number of rotatable bonds is 4. The summed E-state index contributed by atoms with van der Waals surface area (Å²) in [7, 11) is 0. The number of hydrogen-bond acceptors (Lipinski definition) is 1. The lowest BCUT2D eigenvalue weighted by Gasteiger charge is -2.18. The fourth-order valence-corrected chi connectivity index (χ4v) is 1.46. The Balaban J connectivity index is 2.61. The van der Waals surface area contributed by atoms with Crippen molar-refractivity contribution in [2.45, 2.75) is 20.3 Å². The van der Waals surface area contributed by atoms with E-state index in [1.54, 1.807) is 17.0 Å². The molecule has 0 N–H and O–H groups in total. The summed E-state index contributed by atoms with van der Waals surface area (Å²) >= 11 is 0. The Morgan fingerprint density at radius 3 is 2.20 bits per heavy atom. The van der Waals surface area contributed by atoms with E-state index in [9.17, 15) is 9.18 Å². The molecule has 0 unspecified atom stereocenters. The summed E-state index contributed by atoms with van der Waals surface area (Å²) in [4.78, 5) is 13.5. The molecule has 0 bridgehead atoms. The van der Waals surface area contributed by atoms with Crippen LogP contribution in [0.1, 0.15) is 19.4 Å². The fourth-order valence-electron chi connectivity index (χ4n) is 1.46. The summed E-state index contributed by atoms with van der Waals surface area (Å²) in [6.45, 7) is 5.34. The number of carbonyl (C=O) groups excluding carboxylic acids is 1. The van der Waals surface area contributed by atoms with Gasteiger partial charge in [-0.1, -0.05) is 12.1 Å². The molecule has 0 heterocycles. The van der Waals surface area contributed by atoms with E-state index >= 15 is 0 Å². The molecule has 0 spiro atoms. The third-order valence-electron chi connectivity index (χ3n) is 2.38. The lowest BCUT2D eigenvalue weighted by Crippen LogP contribution is -2.31. The molecule has 1 amide bonds. The van der Waals surface area contributed by atoms with Gasteiger partial charge in [0, 0.05) is 13.1 Å². The first-order chi connectivity index (χ1) is 7.17. The van der Waals surface area contributed by atoms with Gasteiger partial charge in [-0.25, -0.2) is 4.39 Å². The number of hydrogen-bond donors (Lipinski definition) is 0. The Morgan fingerprint density at radius 1 is 1.20 bits per heavy atom. The number of benzene rings is 1. The molecule has 0 aliphatic carbocycles. The van der Waals surface area contributed by atoms with E-state index in [0.717, 1.165) is 18.7 Å². The van der Waals surface area contributed by atoms with E-state index < -0.39 is 0 Å². The van der Waals surface area contributed by atoms with Crippen molar-refractivity contribution >= 4 is 5.91 Å². The standard InChI is InChI=1S/C12H16FNO/c1-3-14(4-2)12(15)9-10-5-7-11(13)8-6-10/h5-8H,3-4,9H2,1-2H3. The largest absolute Gasteiger partial charge is 0.343 e. The molecule has 0 aliphatic heterocycles. The van der Waals surface area contributed by atoms with Crippen LogP contribution in [0.5, 0.6) is 0 Å². The molecule has 15 heavy (non-hydrogen) atoms. The highest BCUT2D eigenvalue weighted by molar-refractivity contribution is 5.78.